The molecular formula is C25H28N4O4S. The number of benzene rings is 2. The zero-order valence-corrected chi connectivity index (χ0v) is 19.9. The average molecular weight is 481 g/mol. The Morgan fingerprint density at radius 2 is 1.88 bits per heavy atom. The minimum Gasteiger partial charge on any atom is -0.491 e. The van der Waals surface area contributed by atoms with Crippen molar-refractivity contribution in [2.75, 3.05) is 44.2 Å². The molecule has 0 spiro atoms. The van der Waals surface area contributed by atoms with E-state index in [-0.39, 0.29) is 24.8 Å². The monoisotopic (exact) mass is 480 g/mol. The van der Waals surface area contributed by atoms with Crippen LogP contribution in [-0.4, -0.2) is 83.2 Å². The van der Waals surface area contributed by atoms with Crippen LogP contribution in [0.1, 0.15) is 11.4 Å². The number of imide groups is 1. The van der Waals surface area contributed by atoms with Gasteiger partial charge < -0.3 is 9.84 Å². The zero-order chi connectivity index (χ0) is 23.7. The molecule has 2 aromatic carbocycles. The van der Waals surface area contributed by atoms with E-state index in [9.17, 15) is 14.7 Å². The van der Waals surface area contributed by atoms with Crippen LogP contribution in [0.3, 0.4) is 0 Å². The van der Waals surface area contributed by atoms with Crippen molar-refractivity contribution in [2.24, 2.45) is 0 Å². The fourth-order valence-electron chi connectivity index (χ4n) is 4.66. The van der Waals surface area contributed by atoms with Crippen molar-refractivity contribution in [3.63, 3.8) is 0 Å². The van der Waals surface area contributed by atoms with Crippen LogP contribution in [0.25, 0.3) is 10.2 Å². The molecule has 0 saturated carbocycles. The summed E-state index contributed by atoms with van der Waals surface area (Å²) < 4.78 is 6.92. The number of aryl methyl sites for hydroxylation is 1. The normalized spacial score (nSPS) is 20.9. The van der Waals surface area contributed by atoms with E-state index < -0.39 is 12.1 Å². The van der Waals surface area contributed by atoms with E-state index in [1.54, 1.807) is 23.5 Å². The first-order chi connectivity index (χ1) is 16.5. The molecule has 2 fully saturated rings. The lowest BCUT2D eigenvalue weighted by molar-refractivity contribution is -0.123. The number of hydrogen-bond donors (Lipinski definition) is 1. The van der Waals surface area contributed by atoms with Crippen molar-refractivity contribution in [2.45, 2.75) is 25.5 Å². The van der Waals surface area contributed by atoms with Crippen molar-refractivity contribution in [3.8, 4) is 5.75 Å². The number of rotatable bonds is 7. The van der Waals surface area contributed by atoms with Gasteiger partial charge in [0.15, 0.2) is 0 Å². The highest BCUT2D eigenvalue weighted by molar-refractivity contribution is 7.18. The Balaban J connectivity index is 1.10. The summed E-state index contributed by atoms with van der Waals surface area (Å²) in [6.45, 7) is 5.50. The molecule has 5 rings (SSSR count). The highest BCUT2D eigenvalue weighted by atomic mass is 32.1. The fourth-order valence-corrected chi connectivity index (χ4v) is 5.47. The summed E-state index contributed by atoms with van der Waals surface area (Å²) in [4.78, 5) is 35.5. The predicted molar refractivity (Wildman–Crippen MR) is 131 cm³/mol. The molecule has 178 valence electrons. The number of aliphatic hydroxyl groups is 1. The Morgan fingerprint density at radius 3 is 2.65 bits per heavy atom. The minimum atomic E-state index is -0.623. The van der Waals surface area contributed by atoms with Crippen LogP contribution in [0.2, 0.25) is 0 Å². The third kappa shape index (κ3) is 4.83. The Bertz CT molecular complexity index is 1180. The fraction of sp³-hybridized carbons (Fsp3) is 0.400. The van der Waals surface area contributed by atoms with Gasteiger partial charge in [-0.25, -0.2) is 9.88 Å². The maximum absolute atomic E-state index is 13.0. The number of carbonyl (C=O) groups is 2. The average Bonchev–Trinajstić information content (AvgIpc) is 3.36. The second-order valence-corrected chi connectivity index (χ2v) is 10.0. The van der Waals surface area contributed by atoms with Gasteiger partial charge in [0.2, 0.25) is 5.91 Å². The van der Waals surface area contributed by atoms with Crippen LogP contribution in [0, 0.1) is 6.92 Å². The van der Waals surface area contributed by atoms with Crippen LogP contribution >= 0.6 is 11.3 Å². The van der Waals surface area contributed by atoms with Gasteiger partial charge in [-0.3, -0.25) is 19.4 Å². The summed E-state index contributed by atoms with van der Waals surface area (Å²) in [6.07, 6.45) is -0.407. The molecule has 3 heterocycles. The topological polar surface area (TPSA) is 86.2 Å². The first kappa shape index (κ1) is 22.9. The summed E-state index contributed by atoms with van der Waals surface area (Å²) in [5, 5.41) is 11.5. The molecule has 0 bridgehead atoms. The summed E-state index contributed by atoms with van der Waals surface area (Å²) in [5.41, 5.74) is 1.54. The number of aromatic nitrogens is 1. The number of fused-ring (bicyclic) bond motifs is 1. The molecule has 2 saturated heterocycles. The van der Waals surface area contributed by atoms with E-state index in [4.69, 9.17) is 4.74 Å². The van der Waals surface area contributed by atoms with Crippen LogP contribution in [0.4, 0.5) is 5.69 Å². The number of β-amino-alcohol motifs (C(OH)–C–C–N with tert-alkyl or cyclic N) is 1. The molecule has 9 heteroatoms. The first-order valence-corrected chi connectivity index (χ1v) is 12.4. The third-order valence-electron chi connectivity index (χ3n) is 6.36. The third-order valence-corrected chi connectivity index (χ3v) is 7.31. The number of para-hydroxylation sites is 1. The Labute approximate surface area is 202 Å². The molecule has 8 nitrogen and oxygen atoms in total. The first-order valence-electron chi connectivity index (χ1n) is 11.5. The number of thiazole rings is 1. The molecule has 1 unspecified atom stereocenters. The van der Waals surface area contributed by atoms with Crippen molar-refractivity contribution in [1.29, 1.82) is 0 Å². The second kappa shape index (κ2) is 9.79. The standard InChI is InChI=1S/C25H28N4O4S/c1-17-26-21-13-20(7-8-23(21)34-17)33-16-19(30)15-27-9-11-28(12-10-27)22-14-24(31)29(25(22)32)18-5-3-2-4-6-18/h2-8,13,19,22,30H,9-12,14-16H2,1H3/t19-,22?/m1/s1. The number of hydrogen-bond acceptors (Lipinski definition) is 8. The van der Waals surface area contributed by atoms with E-state index in [2.05, 4.69) is 14.8 Å². The summed E-state index contributed by atoms with van der Waals surface area (Å²) >= 11 is 1.65. The molecule has 2 aliphatic heterocycles. The van der Waals surface area contributed by atoms with E-state index in [1.165, 1.54) is 4.90 Å². The van der Waals surface area contributed by atoms with E-state index in [1.807, 2.05) is 43.3 Å². The SMILES string of the molecule is Cc1nc2cc(OC[C@H](O)CN3CCN(C4CC(=O)N(c5ccccc5)C4=O)CC3)ccc2s1. The predicted octanol–water partition coefficient (Wildman–Crippen LogP) is 2.29. The van der Waals surface area contributed by atoms with Crippen molar-refractivity contribution in [3.05, 3.63) is 53.5 Å². The molecule has 1 N–H and O–H groups in total. The highest BCUT2D eigenvalue weighted by Crippen LogP contribution is 2.27. The summed E-state index contributed by atoms with van der Waals surface area (Å²) in [6, 6.07) is 14.5. The molecule has 1 aromatic heterocycles. The number of aliphatic hydroxyl groups excluding tert-OH is 1. The lowest BCUT2D eigenvalue weighted by Crippen LogP contribution is -2.54. The van der Waals surface area contributed by atoms with Crippen LogP contribution in [0.15, 0.2) is 48.5 Å². The molecule has 2 atom stereocenters. The largest absolute Gasteiger partial charge is 0.491 e. The number of anilines is 1. The van der Waals surface area contributed by atoms with Crippen LogP contribution in [0.5, 0.6) is 5.75 Å². The van der Waals surface area contributed by atoms with Gasteiger partial charge >= 0.3 is 0 Å². The molecule has 3 aromatic rings. The quantitative estimate of drug-likeness (QED) is 0.520. The smallest absolute Gasteiger partial charge is 0.251 e. The molecular weight excluding hydrogens is 452 g/mol. The number of ether oxygens (including phenoxy) is 1. The van der Waals surface area contributed by atoms with E-state index >= 15 is 0 Å². The Morgan fingerprint density at radius 1 is 1.12 bits per heavy atom. The van der Waals surface area contributed by atoms with E-state index in [0.29, 0.717) is 31.1 Å². The van der Waals surface area contributed by atoms with Crippen molar-refractivity contribution >= 4 is 39.1 Å². The van der Waals surface area contributed by atoms with Gasteiger partial charge in [0.05, 0.1) is 33.4 Å². The number of carbonyl (C=O) groups excluding carboxylic acids is 2. The van der Waals surface area contributed by atoms with Gasteiger partial charge in [0.25, 0.3) is 5.91 Å². The van der Waals surface area contributed by atoms with Gasteiger partial charge in [-0.05, 0) is 31.2 Å². The minimum absolute atomic E-state index is 0.148. The lowest BCUT2D eigenvalue weighted by Gasteiger charge is -2.37. The van der Waals surface area contributed by atoms with Crippen molar-refractivity contribution in [1.82, 2.24) is 14.8 Å². The van der Waals surface area contributed by atoms with E-state index in [0.717, 1.165) is 28.3 Å². The lowest BCUT2D eigenvalue weighted by atomic mass is 10.1. The zero-order valence-electron chi connectivity index (χ0n) is 19.1. The number of piperazine rings is 1. The Hall–Kier alpha value is -2.85. The van der Waals surface area contributed by atoms with Gasteiger partial charge in [-0.2, -0.15) is 0 Å². The maximum atomic E-state index is 13.0. The number of amides is 2. The van der Waals surface area contributed by atoms with Gasteiger partial charge in [0, 0.05) is 38.8 Å². The van der Waals surface area contributed by atoms with Gasteiger partial charge in [-0.1, -0.05) is 18.2 Å². The van der Waals surface area contributed by atoms with Crippen LogP contribution < -0.4 is 9.64 Å². The Kier molecular flexibility index (Phi) is 6.60. The molecule has 2 aliphatic rings. The van der Waals surface area contributed by atoms with Crippen LogP contribution in [-0.2, 0) is 9.59 Å². The molecule has 0 radical (unpaired) electrons. The van der Waals surface area contributed by atoms with Gasteiger partial charge in [-0.15, -0.1) is 11.3 Å². The van der Waals surface area contributed by atoms with Gasteiger partial charge in [0.1, 0.15) is 18.5 Å². The number of nitrogens with zero attached hydrogens (tertiary/aromatic N) is 4. The summed E-state index contributed by atoms with van der Waals surface area (Å²) in [7, 11) is 0. The second-order valence-electron chi connectivity index (χ2n) is 8.79. The van der Waals surface area contributed by atoms with Crippen molar-refractivity contribution < 1.29 is 19.4 Å². The molecule has 34 heavy (non-hydrogen) atoms. The molecule has 2 amide bonds. The highest BCUT2D eigenvalue weighted by Gasteiger charge is 2.43. The molecule has 0 aliphatic carbocycles. The maximum Gasteiger partial charge on any atom is 0.251 e. The summed E-state index contributed by atoms with van der Waals surface area (Å²) in [5.74, 6) is 0.404.